The second-order valence-corrected chi connectivity index (χ2v) is 7.17. The summed E-state index contributed by atoms with van der Waals surface area (Å²) >= 11 is 0. The average Bonchev–Trinajstić information content (AvgIpc) is 2.45. The highest BCUT2D eigenvalue weighted by Crippen LogP contribution is 2.12. The maximum Gasteiger partial charge on any atom is 0.267 e. The second kappa shape index (κ2) is 6.57. The molecule has 0 bridgehead atoms. The number of benzene rings is 1. The fraction of sp³-hybridized carbons (Fsp3) is 0.200. The maximum atomic E-state index is 11.2. The van der Waals surface area contributed by atoms with Crippen LogP contribution >= 0.6 is 0 Å². The number of sulfone groups is 1. The molecule has 0 fully saturated rings. The molecule has 0 saturated carbocycles. The van der Waals surface area contributed by atoms with Crippen LogP contribution in [0.3, 0.4) is 0 Å². The fourth-order valence-electron chi connectivity index (χ4n) is 1.94. The third-order valence-corrected chi connectivity index (χ3v) is 3.82. The number of aromatic nitrogens is 1. The van der Waals surface area contributed by atoms with Crippen molar-refractivity contribution in [1.82, 2.24) is 4.98 Å². The Morgan fingerprint density at radius 1 is 1.18 bits per heavy atom. The zero-order valence-corrected chi connectivity index (χ0v) is 12.9. The van der Waals surface area contributed by atoms with E-state index in [-0.39, 0.29) is 11.4 Å². The van der Waals surface area contributed by atoms with Crippen LogP contribution in [-0.2, 0) is 22.1 Å². The third-order valence-electron chi connectivity index (χ3n) is 2.96. The molecule has 3 N–H and O–H groups in total. The van der Waals surface area contributed by atoms with Crippen molar-refractivity contribution in [3.63, 3.8) is 0 Å². The molecule has 0 aliphatic heterocycles. The molecule has 0 aliphatic carbocycles. The summed E-state index contributed by atoms with van der Waals surface area (Å²) in [4.78, 5) is 14.9. The molecule has 6 nitrogen and oxygen atoms in total. The van der Waals surface area contributed by atoms with Crippen LogP contribution in [0.1, 0.15) is 21.6 Å². The number of nitrogens with zero attached hydrogens (tertiary/aromatic N) is 1. The van der Waals surface area contributed by atoms with E-state index in [9.17, 15) is 13.2 Å². The van der Waals surface area contributed by atoms with Gasteiger partial charge in [-0.3, -0.25) is 9.78 Å². The summed E-state index contributed by atoms with van der Waals surface area (Å²) in [6, 6.07) is 10.6. The van der Waals surface area contributed by atoms with Crippen LogP contribution in [-0.4, -0.2) is 25.6 Å². The molecule has 0 aliphatic rings. The first kappa shape index (κ1) is 16.0. The van der Waals surface area contributed by atoms with Gasteiger partial charge >= 0.3 is 0 Å². The predicted molar refractivity (Wildman–Crippen MR) is 85.1 cm³/mol. The van der Waals surface area contributed by atoms with Crippen LogP contribution in [0.5, 0.6) is 0 Å². The molecule has 0 atom stereocenters. The molecule has 2 aromatic rings. The van der Waals surface area contributed by atoms with E-state index >= 15 is 0 Å². The van der Waals surface area contributed by atoms with Gasteiger partial charge in [0.05, 0.1) is 5.75 Å². The van der Waals surface area contributed by atoms with E-state index in [4.69, 9.17) is 5.73 Å². The quantitative estimate of drug-likeness (QED) is 0.836. The molecule has 116 valence electrons. The normalized spacial score (nSPS) is 11.1. The van der Waals surface area contributed by atoms with Crippen LogP contribution in [0.25, 0.3) is 0 Å². The monoisotopic (exact) mass is 319 g/mol. The van der Waals surface area contributed by atoms with Gasteiger partial charge < -0.3 is 11.1 Å². The number of carbonyl (C=O) groups is 1. The lowest BCUT2D eigenvalue weighted by Gasteiger charge is -2.08. The molecule has 0 unspecified atom stereocenters. The fourth-order valence-corrected chi connectivity index (χ4v) is 2.73. The van der Waals surface area contributed by atoms with Crippen molar-refractivity contribution in [3.05, 3.63) is 59.4 Å². The number of hydrogen-bond donors (Lipinski definition) is 2. The molecular formula is C15H17N3O3S. The Labute approximate surface area is 129 Å². The number of amides is 1. The lowest BCUT2D eigenvalue weighted by Crippen LogP contribution is -2.13. The number of pyridine rings is 1. The van der Waals surface area contributed by atoms with E-state index in [1.54, 1.807) is 24.3 Å². The summed E-state index contributed by atoms with van der Waals surface area (Å²) in [7, 11) is -3.02. The average molecular weight is 319 g/mol. The molecule has 1 aromatic heterocycles. The lowest BCUT2D eigenvalue weighted by molar-refractivity contribution is 0.0995. The van der Waals surface area contributed by atoms with Crippen LogP contribution < -0.4 is 11.1 Å². The Bertz CT molecular complexity index is 771. The highest BCUT2D eigenvalue weighted by Gasteiger charge is 2.05. The van der Waals surface area contributed by atoms with E-state index in [1.807, 2.05) is 12.1 Å². The van der Waals surface area contributed by atoms with Gasteiger partial charge in [0.25, 0.3) is 5.91 Å². The molecule has 0 radical (unpaired) electrons. The van der Waals surface area contributed by atoms with Gasteiger partial charge in [0.1, 0.15) is 5.69 Å². The first-order valence-electron chi connectivity index (χ1n) is 6.59. The molecule has 0 saturated heterocycles. The summed E-state index contributed by atoms with van der Waals surface area (Å²) in [6.07, 6.45) is 2.72. The van der Waals surface area contributed by atoms with E-state index < -0.39 is 15.7 Å². The SMILES string of the molecule is CS(=O)(=O)Cc1ccc(CNc2ccnc(C(N)=O)c2)cc1. The van der Waals surface area contributed by atoms with E-state index in [1.165, 1.54) is 12.5 Å². The standard InChI is InChI=1S/C15H17N3O3S/c1-22(20,21)10-12-4-2-11(3-5-12)9-18-13-6-7-17-14(8-13)15(16)19/h2-8H,9-10H2,1H3,(H2,16,19)(H,17,18). The Kier molecular flexibility index (Phi) is 4.77. The van der Waals surface area contributed by atoms with E-state index in [0.717, 1.165) is 16.8 Å². The third kappa shape index (κ3) is 4.85. The van der Waals surface area contributed by atoms with Crippen molar-refractivity contribution in [3.8, 4) is 0 Å². The molecule has 0 spiro atoms. The number of hydrogen-bond acceptors (Lipinski definition) is 5. The van der Waals surface area contributed by atoms with Crippen molar-refractivity contribution < 1.29 is 13.2 Å². The Morgan fingerprint density at radius 2 is 1.82 bits per heavy atom. The van der Waals surface area contributed by atoms with Gasteiger partial charge in [-0.05, 0) is 23.3 Å². The predicted octanol–water partition coefficient (Wildman–Crippen LogP) is 1.34. The summed E-state index contributed by atoms with van der Waals surface area (Å²) in [5.74, 6) is -0.540. The maximum absolute atomic E-state index is 11.2. The second-order valence-electron chi connectivity index (χ2n) is 5.03. The Morgan fingerprint density at radius 3 is 2.41 bits per heavy atom. The van der Waals surface area contributed by atoms with Crippen LogP contribution in [0.15, 0.2) is 42.6 Å². The molecule has 1 amide bonds. The molecule has 1 heterocycles. The topological polar surface area (TPSA) is 102 Å². The zero-order valence-electron chi connectivity index (χ0n) is 12.1. The smallest absolute Gasteiger partial charge is 0.267 e. The minimum absolute atomic E-state index is 0.0348. The number of nitrogens with two attached hydrogens (primary N) is 1. The molecule has 7 heteroatoms. The summed E-state index contributed by atoms with van der Waals surface area (Å²) in [6.45, 7) is 0.543. The van der Waals surface area contributed by atoms with Gasteiger partial charge in [-0.2, -0.15) is 0 Å². The van der Waals surface area contributed by atoms with Gasteiger partial charge in [0.15, 0.2) is 9.84 Å². The Hall–Kier alpha value is -2.41. The summed E-state index contributed by atoms with van der Waals surface area (Å²) < 4.78 is 22.5. The zero-order chi connectivity index (χ0) is 16.2. The van der Waals surface area contributed by atoms with Gasteiger partial charge in [-0.25, -0.2) is 8.42 Å². The van der Waals surface area contributed by atoms with Crippen molar-refractivity contribution in [2.45, 2.75) is 12.3 Å². The Balaban J connectivity index is 2.00. The van der Waals surface area contributed by atoms with Gasteiger partial charge in [0, 0.05) is 24.7 Å². The lowest BCUT2D eigenvalue weighted by atomic mass is 10.1. The number of rotatable bonds is 6. The first-order valence-corrected chi connectivity index (χ1v) is 8.65. The highest BCUT2D eigenvalue weighted by molar-refractivity contribution is 7.89. The molecule has 1 aromatic carbocycles. The van der Waals surface area contributed by atoms with E-state index in [0.29, 0.717) is 6.54 Å². The number of anilines is 1. The number of carbonyl (C=O) groups excluding carboxylic acids is 1. The summed E-state index contributed by atoms with van der Waals surface area (Å²) in [5.41, 5.74) is 7.87. The molecule has 22 heavy (non-hydrogen) atoms. The van der Waals surface area contributed by atoms with Gasteiger partial charge in [-0.1, -0.05) is 24.3 Å². The van der Waals surface area contributed by atoms with Crippen LogP contribution in [0.4, 0.5) is 5.69 Å². The molecular weight excluding hydrogens is 302 g/mol. The van der Waals surface area contributed by atoms with Crippen LogP contribution in [0, 0.1) is 0 Å². The first-order chi connectivity index (χ1) is 10.3. The van der Waals surface area contributed by atoms with Crippen molar-refractivity contribution in [2.75, 3.05) is 11.6 Å². The minimum atomic E-state index is -3.02. The number of nitrogens with one attached hydrogen (secondary N) is 1. The van der Waals surface area contributed by atoms with Crippen molar-refractivity contribution >= 4 is 21.4 Å². The minimum Gasteiger partial charge on any atom is -0.381 e. The van der Waals surface area contributed by atoms with Gasteiger partial charge in [-0.15, -0.1) is 0 Å². The highest BCUT2D eigenvalue weighted by atomic mass is 32.2. The number of primary amides is 1. The van der Waals surface area contributed by atoms with Gasteiger partial charge in [0.2, 0.25) is 0 Å². The van der Waals surface area contributed by atoms with Crippen molar-refractivity contribution in [2.24, 2.45) is 5.73 Å². The summed E-state index contributed by atoms with van der Waals surface area (Å²) in [5, 5.41) is 3.16. The van der Waals surface area contributed by atoms with Crippen LogP contribution in [0.2, 0.25) is 0 Å². The molecule has 2 rings (SSSR count). The van der Waals surface area contributed by atoms with E-state index in [2.05, 4.69) is 10.3 Å². The van der Waals surface area contributed by atoms with Crippen molar-refractivity contribution in [1.29, 1.82) is 0 Å². The largest absolute Gasteiger partial charge is 0.381 e.